The highest BCUT2D eigenvalue weighted by molar-refractivity contribution is 5.95. The van der Waals surface area contributed by atoms with Gasteiger partial charge >= 0.3 is 0 Å². The molecule has 0 radical (unpaired) electrons. The van der Waals surface area contributed by atoms with Crippen molar-refractivity contribution in [3.8, 4) is 0 Å². The van der Waals surface area contributed by atoms with Crippen molar-refractivity contribution in [1.82, 2.24) is 19.9 Å². The molecule has 28 heavy (non-hydrogen) atoms. The van der Waals surface area contributed by atoms with Gasteiger partial charge in [0.25, 0.3) is 0 Å². The van der Waals surface area contributed by atoms with Gasteiger partial charge in [0.1, 0.15) is 12.6 Å². The first-order valence-electron chi connectivity index (χ1n) is 9.59. The summed E-state index contributed by atoms with van der Waals surface area (Å²) in [7, 11) is 1.58. The number of aromatic nitrogens is 2. The van der Waals surface area contributed by atoms with Gasteiger partial charge in [0, 0.05) is 26.0 Å². The Kier molecular flexibility index (Phi) is 5.38. The lowest BCUT2D eigenvalue weighted by Crippen LogP contribution is -2.60. The second kappa shape index (κ2) is 8.10. The molecule has 1 aromatic heterocycles. The number of ether oxygens (including phenoxy) is 1. The number of benzene rings is 1. The van der Waals surface area contributed by atoms with Gasteiger partial charge in [-0.3, -0.25) is 9.59 Å². The monoisotopic (exact) mass is 384 g/mol. The second-order valence-corrected chi connectivity index (χ2v) is 7.30. The fraction of sp³-hybridized carbons (Fsp3) is 0.500. The number of methoxy groups -OCH3 is 1. The number of hydrogen-bond donors (Lipinski definition) is 0. The number of carbonyl (C=O) groups excluding carboxylic acids is 2. The summed E-state index contributed by atoms with van der Waals surface area (Å²) in [6, 6.07) is 9.10. The molecule has 2 amide bonds. The van der Waals surface area contributed by atoms with Gasteiger partial charge in [0.15, 0.2) is 5.82 Å². The second-order valence-electron chi connectivity index (χ2n) is 7.30. The molecule has 8 nitrogen and oxygen atoms in total. The topological polar surface area (TPSA) is 88.8 Å². The molecule has 2 heterocycles. The SMILES string of the molecule is COCCN1CC(=O)N(Cc2nc(C3CC3)no2)[C@H](Cc2ccccc2)C1=O. The first kappa shape index (κ1) is 18.6. The van der Waals surface area contributed by atoms with Crippen molar-refractivity contribution in [1.29, 1.82) is 0 Å². The molecule has 0 spiro atoms. The van der Waals surface area contributed by atoms with Crippen LogP contribution in [0.5, 0.6) is 0 Å². The van der Waals surface area contributed by atoms with Gasteiger partial charge in [-0.1, -0.05) is 35.5 Å². The van der Waals surface area contributed by atoms with Crippen molar-refractivity contribution in [2.24, 2.45) is 0 Å². The van der Waals surface area contributed by atoms with Gasteiger partial charge in [0.2, 0.25) is 17.7 Å². The molecule has 2 aliphatic rings. The van der Waals surface area contributed by atoms with Crippen molar-refractivity contribution in [2.45, 2.75) is 37.8 Å². The zero-order valence-corrected chi connectivity index (χ0v) is 15.9. The summed E-state index contributed by atoms with van der Waals surface area (Å²) in [5.74, 6) is 1.25. The normalized spacial score (nSPS) is 20.1. The van der Waals surface area contributed by atoms with Crippen LogP contribution in [-0.2, 0) is 27.3 Å². The lowest BCUT2D eigenvalue weighted by molar-refractivity contribution is -0.157. The summed E-state index contributed by atoms with van der Waals surface area (Å²) in [6.07, 6.45) is 2.59. The van der Waals surface area contributed by atoms with Gasteiger partial charge in [0.05, 0.1) is 13.2 Å². The van der Waals surface area contributed by atoms with Crippen LogP contribution in [0.3, 0.4) is 0 Å². The van der Waals surface area contributed by atoms with Gasteiger partial charge in [-0.05, 0) is 18.4 Å². The summed E-state index contributed by atoms with van der Waals surface area (Å²) < 4.78 is 10.4. The third-order valence-corrected chi connectivity index (χ3v) is 5.19. The molecule has 1 saturated heterocycles. The number of carbonyl (C=O) groups is 2. The molecule has 1 saturated carbocycles. The fourth-order valence-electron chi connectivity index (χ4n) is 3.46. The van der Waals surface area contributed by atoms with Crippen molar-refractivity contribution < 1.29 is 18.8 Å². The molecule has 1 aliphatic carbocycles. The van der Waals surface area contributed by atoms with Crippen LogP contribution in [0.25, 0.3) is 0 Å². The summed E-state index contributed by atoms with van der Waals surface area (Å²) in [5.41, 5.74) is 0.997. The maximum absolute atomic E-state index is 13.1. The average molecular weight is 384 g/mol. The van der Waals surface area contributed by atoms with E-state index in [4.69, 9.17) is 9.26 Å². The van der Waals surface area contributed by atoms with E-state index in [1.165, 1.54) is 0 Å². The highest BCUT2D eigenvalue weighted by atomic mass is 16.5. The van der Waals surface area contributed by atoms with E-state index in [1.807, 2.05) is 30.3 Å². The molecule has 1 aromatic carbocycles. The molecule has 0 N–H and O–H groups in total. The number of nitrogens with zero attached hydrogens (tertiary/aromatic N) is 4. The van der Waals surface area contributed by atoms with E-state index < -0.39 is 6.04 Å². The van der Waals surface area contributed by atoms with Crippen LogP contribution in [0.2, 0.25) is 0 Å². The van der Waals surface area contributed by atoms with Crippen LogP contribution in [0, 0.1) is 0 Å². The molecule has 8 heteroatoms. The smallest absolute Gasteiger partial charge is 0.246 e. The van der Waals surface area contributed by atoms with Gasteiger partial charge < -0.3 is 19.1 Å². The summed E-state index contributed by atoms with van der Waals surface area (Å²) in [5, 5.41) is 4.02. The first-order chi connectivity index (χ1) is 13.7. The van der Waals surface area contributed by atoms with Crippen LogP contribution < -0.4 is 0 Å². The van der Waals surface area contributed by atoms with Crippen molar-refractivity contribution in [3.05, 3.63) is 47.6 Å². The molecular weight excluding hydrogens is 360 g/mol. The fourth-order valence-corrected chi connectivity index (χ4v) is 3.46. The molecule has 2 aromatic rings. The number of rotatable bonds is 8. The summed E-state index contributed by atoms with van der Waals surface area (Å²) >= 11 is 0. The van der Waals surface area contributed by atoms with Gasteiger partial charge in [-0.25, -0.2) is 0 Å². The molecule has 2 fully saturated rings. The van der Waals surface area contributed by atoms with Crippen LogP contribution in [0.1, 0.15) is 36.0 Å². The lowest BCUT2D eigenvalue weighted by atomic mass is 10.0. The summed E-state index contributed by atoms with van der Waals surface area (Å²) in [4.78, 5) is 33.5. The first-order valence-corrected chi connectivity index (χ1v) is 9.59. The largest absolute Gasteiger partial charge is 0.383 e. The van der Waals surface area contributed by atoms with Crippen LogP contribution in [0.15, 0.2) is 34.9 Å². The Morgan fingerprint density at radius 3 is 2.71 bits per heavy atom. The minimum Gasteiger partial charge on any atom is -0.383 e. The highest BCUT2D eigenvalue weighted by Crippen LogP contribution is 2.38. The van der Waals surface area contributed by atoms with Gasteiger partial charge in [-0.15, -0.1) is 0 Å². The standard InChI is InChI=1S/C20H24N4O4/c1-27-10-9-23-13-18(25)24(12-17-21-19(22-28-17)15-7-8-15)16(20(23)26)11-14-5-3-2-4-6-14/h2-6,15-16H,7-13H2,1H3/t16-/m1/s1. The molecule has 1 atom stereocenters. The zero-order valence-electron chi connectivity index (χ0n) is 15.9. The Hall–Kier alpha value is -2.74. The Morgan fingerprint density at radius 2 is 2.00 bits per heavy atom. The quantitative estimate of drug-likeness (QED) is 0.683. The van der Waals surface area contributed by atoms with Crippen LogP contribution >= 0.6 is 0 Å². The minimum absolute atomic E-state index is 0.0388. The maximum Gasteiger partial charge on any atom is 0.246 e. The van der Waals surface area contributed by atoms with Crippen molar-refractivity contribution >= 4 is 11.8 Å². The summed E-state index contributed by atoms with van der Waals surface area (Å²) in [6.45, 7) is 0.981. The van der Waals surface area contributed by atoms with E-state index in [-0.39, 0.29) is 24.9 Å². The van der Waals surface area contributed by atoms with E-state index in [9.17, 15) is 9.59 Å². The molecule has 0 bridgehead atoms. The number of hydrogen-bond acceptors (Lipinski definition) is 6. The van der Waals surface area contributed by atoms with Gasteiger partial charge in [-0.2, -0.15) is 4.98 Å². The van der Waals surface area contributed by atoms with Crippen LogP contribution in [-0.4, -0.2) is 64.6 Å². The van der Waals surface area contributed by atoms with E-state index in [0.29, 0.717) is 37.2 Å². The lowest BCUT2D eigenvalue weighted by Gasteiger charge is -2.39. The molecular formula is C20H24N4O4. The molecule has 1 aliphatic heterocycles. The average Bonchev–Trinajstić information content (AvgIpc) is 3.45. The van der Waals surface area contributed by atoms with E-state index >= 15 is 0 Å². The molecule has 4 rings (SSSR count). The number of piperazine rings is 1. The van der Waals surface area contributed by atoms with Crippen molar-refractivity contribution in [2.75, 3.05) is 26.8 Å². The Bertz CT molecular complexity index is 834. The predicted molar refractivity (Wildman–Crippen MR) is 99.2 cm³/mol. The Labute approximate surface area is 163 Å². The zero-order chi connectivity index (χ0) is 19.5. The van der Waals surface area contributed by atoms with E-state index in [2.05, 4.69) is 10.1 Å². The number of amides is 2. The van der Waals surface area contributed by atoms with Crippen molar-refractivity contribution in [3.63, 3.8) is 0 Å². The van der Waals surface area contributed by atoms with E-state index in [1.54, 1.807) is 16.9 Å². The Morgan fingerprint density at radius 1 is 1.21 bits per heavy atom. The third kappa shape index (κ3) is 4.06. The third-order valence-electron chi connectivity index (χ3n) is 5.19. The maximum atomic E-state index is 13.1. The predicted octanol–water partition coefficient (Wildman–Crippen LogP) is 1.38. The molecule has 0 unspecified atom stereocenters. The highest BCUT2D eigenvalue weighted by Gasteiger charge is 2.40. The van der Waals surface area contributed by atoms with Crippen LogP contribution in [0.4, 0.5) is 0 Å². The minimum atomic E-state index is -0.600. The molecule has 148 valence electrons. The van der Waals surface area contributed by atoms with E-state index in [0.717, 1.165) is 18.4 Å². The Balaban J connectivity index is 1.55.